The van der Waals surface area contributed by atoms with E-state index in [0.717, 1.165) is 5.56 Å². The molecule has 0 fully saturated rings. The Morgan fingerprint density at radius 3 is 2.76 bits per heavy atom. The van der Waals surface area contributed by atoms with E-state index in [1.54, 1.807) is 18.3 Å². The predicted molar refractivity (Wildman–Crippen MR) is 70.5 cm³/mol. The maximum absolute atomic E-state index is 13.1. The second-order valence-electron chi connectivity index (χ2n) is 4.87. The molecule has 2 aromatic rings. The van der Waals surface area contributed by atoms with Crippen LogP contribution in [0.1, 0.15) is 18.9 Å². The highest BCUT2D eigenvalue weighted by molar-refractivity contribution is 5.31. The summed E-state index contributed by atoms with van der Waals surface area (Å²) in [4.78, 5) is 0. The van der Waals surface area contributed by atoms with Gasteiger partial charge < -0.3 is 5.32 Å². The van der Waals surface area contributed by atoms with Crippen molar-refractivity contribution in [3.8, 4) is 5.69 Å². The van der Waals surface area contributed by atoms with E-state index in [2.05, 4.69) is 10.4 Å². The van der Waals surface area contributed by atoms with E-state index in [0.29, 0.717) is 5.69 Å². The molecule has 0 unspecified atom stereocenters. The second-order valence-corrected chi connectivity index (χ2v) is 4.87. The van der Waals surface area contributed by atoms with Crippen LogP contribution in [0.3, 0.4) is 0 Å². The zero-order valence-electron chi connectivity index (χ0n) is 11.4. The van der Waals surface area contributed by atoms with Gasteiger partial charge in [-0.3, -0.25) is 0 Å². The molecule has 0 aliphatic carbocycles. The number of benzene rings is 1. The van der Waals surface area contributed by atoms with Crippen LogP contribution in [0, 0.1) is 5.82 Å². The molecular weight excluding hydrogens is 286 g/mol. The van der Waals surface area contributed by atoms with Crippen molar-refractivity contribution in [2.45, 2.75) is 32.1 Å². The van der Waals surface area contributed by atoms with Crippen molar-refractivity contribution < 1.29 is 17.6 Å². The summed E-state index contributed by atoms with van der Waals surface area (Å²) in [6.45, 7) is 1.75. The van der Waals surface area contributed by atoms with E-state index in [4.69, 9.17) is 0 Å². The molecule has 1 aromatic heterocycles. The molecule has 0 bridgehead atoms. The van der Waals surface area contributed by atoms with E-state index in [9.17, 15) is 17.6 Å². The van der Waals surface area contributed by atoms with Gasteiger partial charge in [0.15, 0.2) is 0 Å². The summed E-state index contributed by atoms with van der Waals surface area (Å²) < 4.78 is 51.2. The molecule has 0 spiro atoms. The fourth-order valence-electron chi connectivity index (χ4n) is 1.92. The lowest BCUT2D eigenvalue weighted by atomic mass is 10.2. The zero-order chi connectivity index (χ0) is 15.5. The summed E-state index contributed by atoms with van der Waals surface area (Å²) in [6.07, 6.45) is -1.87. The van der Waals surface area contributed by atoms with E-state index in [1.807, 2.05) is 0 Å². The smallest absolute Gasteiger partial charge is 0.310 e. The van der Waals surface area contributed by atoms with Crippen LogP contribution in [-0.4, -0.2) is 22.0 Å². The highest BCUT2D eigenvalue weighted by atomic mass is 19.4. The molecule has 0 saturated heterocycles. The number of aromatic nitrogens is 2. The second kappa shape index (κ2) is 6.26. The third-order valence-corrected chi connectivity index (χ3v) is 2.90. The standard InChI is InChI=1S/C14H15F4N3/c1-10(6-14(16,17)18)19-7-11-8-20-21(9-11)13-4-2-3-12(15)5-13/h2-5,8-10,19H,6-7H2,1H3/t10-/m1/s1. The predicted octanol–water partition coefficient (Wildman–Crippen LogP) is 3.44. The van der Waals surface area contributed by atoms with Gasteiger partial charge in [-0.1, -0.05) is 6.07 Å². The van der Waals surface area contributed by atoms with Crippen LogP contribution < -0.4 is 5.32 Å². The van der Waals surface area contributed by atoms with Crippen molar-refractivity contribution in [1.82, 2.24) is 15.1 Å². The molecular formula is C14H15F4N3. The highest BCUT2D eigenvalue weighted by Crippen LogP contribution is 2.21. The quantitative estimate of drug-likeness (QED) is 0.857. The number of halogens is 4. The number of rotatable bonds is 5. The topological polar surface area (TPSA) is 29.9 Å². The van der Waals surface area contributed by atoms with Crippen molar-refractivity contribution in [3.63, 3.8) is 0 Å². The monoisotopic (exact) mass is 301 g/mol. The van der Waals surface area contributed by atoms with E-state index in [1.165, 1.54) is 29.9 Å². The maximum atomic E-state index is 13.1. The van der Waals surface area contributed by atoms with Gasteiger partial charge in [-0.2, -0.15) is 18.3 Å². The molecule has 1 heterocycles. The van der Waals surface area contributed by atoms with Gasteiger partial charge in [0.05, 0.1) is 18.3 Å². The first-order valence-corrected chi connectivity index (χ1v) is 6.43. The van der Waals surface area contributed by atoms with Gasteiger partial charge in [-0.25, -0.2) is 9.07 Å². The largest absolute Gasteiger partial charge is 0.390 e. The Hall–Kier alpha value is -1.89. The fourth-order valence-corrected chi connectivity index (χ4v) is 1.92. The van der Waals surface area contributed by atoms with E-state index >= 15 is 0 Å². The minimum Gasteiger partial charge on any atom is -0.310 e. The summed E-state index contributed by atoms with van der Waals surface area (Å²) in [5.74, 6) is -0.374. The van der Waals surface area contributed by atoms with Crippen LogP contribution in [-0.2, 0) is 6.54 Å². The summed E-state index contributed by atoms with van der Waals surface area (Å²) in [6, 6.07) is 5.24. The summed E-state index contributed by atoms with van der Waals surface area (Å²) in [5, 5.41) is 6.85. The fraction of sp³-hybridized carbons (Fsp3) is 0.357. The van der Waals surface area contributed by atoms with Gasteiger partial charge in [0, 0.05) is 24.3 Å². The first kappa shape index (κ1) is 15.5. The molecule has 7 heteroatoms. The van der Waals surface area contributed by atoms with Gasteiger partial charge in [-0.15, -0.1) is 0 Å². The lowest BCUT2D eigenvalue weighted by Crippen LogP contribution is -2.30. The molecule has 114 valence electrons. The van der Waals surface area contributed by atoms with Crippen molar-refractivity contribution in [1.29, 1.82) is 0 Å². The highest BCUT2D eigenvalue weighted by Gasteiger charge is 2.29. The molecule has 0 aliphatic rings. The Bertz CT molecular complexity index is 592. The van der Waals surface area contributed by atoms with E-state index in [-0.39, 0.29) is 12.4 Å². The lowest BCUT2D eigenvalue weighted by molar-refractivity contribution is -0.139. The van der Waals surface area contributed by atoms with Crippen LogP contribution in [0.25, 0.3) is 5.69 Å². The third-order valence-electron chi connectivity index (χ3n) is 2.90. The number of nitrogens with zero attached hydrogens (tertiary/aromatic N) is 2. The average molecular weight is 301 g/mol. The molecule has 1 N–H and O–H groups in total. The Balaban J connectivity index is 1.95. The van der Waals surface area contributed by atoms with Crippen LogP contribution in [0.4, 0.5) is 17.6 Å². The normalized spacial score (nSPS) is 13.4. The van der Waals surface area contributed by atoms with Gasteiger partial charge in [0.2, 0.25) is 0 Å². The van der Waals surface area contributed by atoms with Gasteiger partial charge in [0.1, 0.15) is 5.82 Å². The third kappa shape index (κ3) is 4.86. The Morgan fingerprint density at radius 1 is 1.33 bits per heavy atom. The summed E-state index contributed by atoms with van der Waals surface area (Å²) >= 11 is 0. The Kier molecular flexibility index (Phi) is 4.62. The van der Waals surface area contributed by atoms with Crippen LogP contribution in [0.5, 0.6) is 0 Å². The molecule has 1 atom stereocenters. The van der Waals surface area contributed by atoms with Gasteiger partial charge in [0.25, 0.3) is 0 Å². The van der Waals surface area contributed by atoms with Crippen LogP contribution in [0.15, 0.2) is 36.7 Å². The van der Waals surface area contributed by atoms with Crippen molar-refractivity contribution in [3.05, 3.63) is 48.0 Å². The first-order valence-electron chi connectivity index (χ1n) is 6.43. The zero-order valence-corrected chi connectivity index (χ0v) is 11.4. The van der Waals surface area contributed by atoms with Crippen molar-refractivity contribution >= 4 is 0 Å². The number of nitrogens with one attached hydrogen (secondary N) is 1. The van der Waals surface area contributed by atoms with Crippen LogP contribution >= 0.6 is 0 Å². The minimum atomic E-state index is -4.18. The van der Waals surface area contributed by atoms with Crippen molar-refractivity contribution in [2.24, 2.45) is 0 Å². The SMILES string of the molecule is C[C@H](CC(F)(F)F)NCc1cnn(-c2cccc(F)c2)c1. The molecule has 0 aliphatic heterocycles. The Morgan fingerprint density at radius 2 is 2.10 bits per heavy atom. The first-order chi connectivity index (χ1) is 9.83. The van der Waals surface area contributed by atoms with Gasteiger partial charge in [-0.05, 0) is 25.1 Å². The van der Waals surface area contributed by atoms with Gasteiger partial charge >= 0.3 is 6.18 Å². The molecule has 3 nitrogen and oxygen atoms in total. The Labute approximate surface area is 119 Å². The molecule has 2 rings (SSSR count). The molecule has 0 amide bonds. The van der Waals surface area contributed by atoms with Crippen molar-refractivity contribution in [2.75, 3.05) is 0 Å². The summed E-state index contributed by atoms with van der Waals surface area (Å²) in [5.41, 5.74) is 1.29. The molecule has 0 saturated carbocycles. The molecule has 21 heavy (non-hydrogen) atoms. The maximum Gasteiger partial charge on any atom is 0.390 e. The minimum absolute atomic E-state index is 0.270. The number of alkyl halides is 3. The number of hydrogen-bond acceptors (Lipinski definition) is 2. The van der Waals surface area contributed by atoms with Crippen LogP contribution in [0.2, 0.25) is 0 Å². The number of hydrogen-bond donors (Lipinski definition) is 1. The van der Waals surface area contributed by atoms with E-state index < -0.39 is 18.6 Å². The molecule has 1 aromatic carbocycles. The average Bonchev–Trinajstić information content (AvgIpc) is 2.83. The lowest BCUT2D eigenvalue weighted by Gasteiger charge is -2.14. The molecule has 0 radical (unpaired) electrons. The summed E-state index contributed by atoms with van der Waals surface area (Å²) in [7, 11) is 0.